The van der Waals surface area contributed by atoms with Gasteiger partial charge in [0, 0.05) is 37.1 Å². The van der Waals surface area contributed by atoms with Gasteiger partial charge in [0.15, 0.2) is 10.9 Å². The minimum Gasteiger partial charge on any atom is -0.350 e. The molecule has 0 aliphatic heterocycles. The molecule has 0 bridgehead atoms. The maximum Gasteiger partial charge on any atom is 0.272 e. The summed E-state index contributed by atoms with van der Waals surface area (Å²) in [5.74, 6) is 1.62. The second kappa shape index (κ2) is 7.38. The number of hydrogen-bond donors (Lipinski definition) is 1. The molecular weight excluding hydrogens is 324 g/mol. The maximum atomic E-state index is 12.4. The first kappa shape index (κ1) is 17.0. The van der Waals surface area contributed by atoms with Crippen molar-refractivity contribution in [2.45, 2.75) is 51.2 Å². The number of nitrogens with one attached hydrogen (secondary N) is 1. The molecule has 1 amide bonds. The molecule has 2 aromatic rings. The quantitative estimate of drug-likeness (QED) is 0.635. The summed E-state index contributed by atoms with van der Waals surface area (Å²) in [5, 5.41) is 16.6. The molecule has 8 heteroatoms. The zero-order valence-corrected chi connectivity index (χ0v) is 15.3. The van der Waals surface area contributed by atoms with Crippen LogP contribution in [0.4, 0.5) is 0 Å². The van der Waals surface area contributed by atoms with Gasteiger partial charge in [0.2, 0.25) is 0 Å². The van der Waals surface area contributed by atoms with Crippen LogP contribution in [0.25, 0.3) is 0 Å². The van der Waals surface area contributed by atoms with Gasteiger partial charge in [-0.3, -0.25) is 9.48 Å². The molecule has 1 N–H and O–H groups in total. The SMILES string of the molecule is CCn1c(C)nnc1SCCNC(=O)c1nn(C)c2c1CCCC2. The Morgan fingerprint density at radius 1 is 1.29 bits per heavy atom. The number of nitrogens with zero attached hydrogens (tertiary/aromatic N) is 5. The van der Waals surface area contributed by atoms with Crippen molar-refractivity contribution >= 4 is 17.7 Å². The number of aromatic nitrogens is 5. The lowest BCUT2D eigenvalue weighted by molar-refractivity contribution is 0.0949. The van der Waals surface area contributed by atoms with Gasteiger partial charge in [-0.2, -0.15) is 5.10 Å². The van der Waals surface area contributed by atoms with Crippen molar-refractivity contribution in [3.05, 3.63) is 22.8 Å². The Labute approximate surface area is 146 Å². The minimum absolute atomic E-state index is 0.0671. The summed E-state index contributed by atoms with van der Waals surface area (Å²) in [6.45, 7) is 5.47. The van der Waals surface area contributed by atoms with E-state index in [0.717, 1.165) is 48.1 Å². The Balaban J connectivity index is 1.55. The number of hydrogen-bond acceptors (Lipinski definition) is 5. The summed E-state index contributed by atoms with van der Waals surface area (Å²) in [5.41, 5.74) is 2.95. The lowest BCUT2D eigenvalue weighted by atomic mass is 9.95. The third kappa shape index (κ3) is 3.33. The average Bonchev–Trinajstić information content (AvgIpc) is 3.12. The smallest absolute Gasteiger partial charge is 0.272 e. The molecule has 0 atom stereocenters. The van der Waals surface area contributed by atoms with Crippen molar-refractivity contribution in [1.29, 1.82) is 0 Å². The van der Waals surface area contributed by atoms with Crippen molar-refractivity contribution in [2.24, 2.45) is 7.05 Å². The number of rotatable bonds is 6. The summed E-state index contributed by atoms with van der Waals surface area (Å²) in [7, 11) is 1.93. The first-order chi connectivity index (χ1) is 11.6. The standard InChI is InChI=1S/C16H24N6OS/c1-4-22-11(2)18-19-16(22)24-10-9-17-15(23)14-12-7-5-6-8-13(12)21(3)20-14/h4-10H2,1-3H3,(H,17,23). The second-order valence-corrected chi connectivity index (χ2v) is 7.05. The zero-order chi connectivity index (χ0) is 17.1. The molecule has 0 spiro atoms. The third-order valence-electron chi connectivity index (χ3n) is 4.42. The first-order valence-electron chi connectivity index (χ1n) is 8.47. The van der Waals surface area contributed by atoms with Gasteiger partial charge in [-0.1, -0.05) is 11.8 Å². The van der Waals surface area contributed by atoms with Crippen molar-refractivity contribution in [1.82, 2.24) is 29.9 Å². The Morgan fingerprint density at radius 3 is 2.88 bits per heavy atom. The zero-order valence-electron chi connectivity index (χ0n) is 14.5. The molecule has 0 saturated carbocycles. The number of aryl methyl sites for hydroxylation is 2. The molecule has 3 rings (SSSR count). The lowest BCUT2D eigenvalue weighted by Gasteiger charge is -2.12. The van der Waals surface area contributed by atoms with E-state index in [4.69, 9.17) is 0 Å². The summed E-state index contributed by atoms with van der Waals surface area (Å²) in [4.78, 5) is 12.4. The van der Waals surface area contributed by atoms with Gasteiger partial charge in [-0.15, -0.1) is 10.2 Å². The highest BCUT2D eigenvalue weighted by Crippen LogP contribution is 2.23. The molecule has 7 nitrogen and oxygen atoms in total. The van der Waals surface area contributed by atoms with Crippen LogP contribution in [0.2, 0.25) is 0 Å². The Morgan fingerprint density at radius 2 is 2.08 bits per heavy atom. The highest BCUT2D eigenvalue weighted by Gasteiger charge is 2.23. The van der Waals surface area contributed by atoms with E-state index in [1.54, 1.807) is 11.8 Å². The molecule has 0 unspecified atom stereocenters. The second-order valence-electron chi connectivity index (χ2n) is 5.98. The molecule has 24 heavy (non-hydrogen) atoms. The fourth-order valence-electron chi connectivity index (χ4n) is 3.18. The van der Waals surface area contributed by atoms with Crippen LogP contribution in [0.15, 0.2) is 5.16 Å². The van der Waals surface area contributed by atoms with Gasteiger partial charge < -0.3 is 9.88 Å². The van der Waals surface area contributed by atoms with E-state index in [1.165, 1.54) is 12.1 Å². The van der Waals surface area contributed by atoms with Crippen LogP contribution in [0.3, 0.4) is 0 Å². The molecule has 1 aliphatic carbocycles. The minimum atomic E-state index is -0.0671. The van der Waals surface area contributed by atoms with Crippen molar-refractivity contribution in [3.63, 3.8) is 0 Å². The maximum absolute atomic E-state index is 12.4. The molecular formula is C16H24N6OS. The monoisotopic (exact) mass is 348 g/mol. The summed E-state index contributed by atoms with van der Waals surface area (Å²) in [6, 6.07) is 0. The van der Waals surface area contributed by atoms with Crippen LogP contribution in [0.5, 0.6) is 0 Å². The average molecular weight is 348 g/mol. The van der Waals surface area contributed by atoms with Crippen LogP contribution >= 0.6 is 11.8 Å². The van der Waals surface area contributed by atoms with E-state index >= 15 is 0 Å². The van der Waals surface area contributed by atoms with Crippen molar-refractivity contribution in [3.8, 4) is 0 Å². The van der Waals surface area contributed by atoms with Crippen LogP contribution in [0, 0.1) is 6.92 Å². The summed E-state index contributed by atoms with van der Waals surface area (Å²) < 4.78 is 3.94. The Kier molecular flexibility index (Phi) is 5.23. The highest BCUT2D eigenvalue weighted by atomic mass is 32.2. The van der Waals surface area contributed by atoms with Crippen LogP contribution in [-0.4, -0.2) is 42.7 Å². The van der Waals surface area contributed by atoms with E-state index in [-0.39, 0.29) is 5.91 Å². The molecule has 2 aromatic heterocycles. The van der Waals surface area contributed by atoms with Gasteiger partial charge in [0.25, 0.3) is 5.91 Å². The Hall–Kier alpha value is -1.83. The number of amides is 1. The van der Waals surface area contributed by atoms with E-state index in [2.05, 4.69) is 32.1 Å². The topological polar surface area (TPSA) is 77.6 Å². The third-order valence-corrected chi connectivity index (χ3v) is 5.39. The molecule has 1 aliphatic rings. The fraction of sp³-hybridized carbons (Fsp3) is 0.625. The normalized spacial score (nSPS) is 13.8. The van der Waals surface area contributed by atoms with Crippen molar-refractivity contribution in [2.75, 3.05) is 12.3 Å². The largest absolute Gasteiger partial charge is 0.350 e. The summed E-state index contributed by atoms with van der Waals surface area (Å²) in [6.07, 6.45) is 4.30. The van der Waals surface area contributed by atoms with E-state index in [1.807, 2.05) is 18.7 Å². The predicted octanol–water partition coefficient (Wildman–Crippen LogP) is 1.74. The van der Waals surface area contributed by atoms with Gasteiger partial charge in [0.1, 0.15) is 5.82 Å². The fourth-order valence-corrected chi connectivity index (χ4v) is 4.08. The molecule has 0 fully saturated rings. The van der Waals surface area contributed by atoms with Gasteiger partial charge in [0.05, 0.1) is 0 Å². The summed E-state index contributed by atoms with van der Waals surface area (Å²) >= 11 is 1.61. The van der Waals surface area contributed by atoms with Gasteiger partial charge >= 0.3 is 0 Å². The van der Waals surface area contributed by atoms with Gasteiger partial charge in [-0.05, 0) is 39.5 Å². The molecule has 0 saturated heterocycles. The van der Waals surface area contributed by atoms with E-state index in [9.17, 15) is 4.79 Å². The number of thioether (sulfide) groups is 1. The lowest BCUT2D eigenvalue weighted by Crippen LogP contribution is -2.27. The van der Waals surface area contributed by atoms with E-state index in [0.29, 0.717) is 12.2 Å². The molecule has 0 radical (unpaired) electrons. The highest BCUT2D eigenvalue weighted by molar-refractivity contribution is 7.99. The van der Waals surface area contributed by atoms with Crippen LogP contribution < -0.4 is 5.32 Å². The first-order valence-corrected chi connectivity index (χ1v) is 9.46. The predicted molar refractivity (Wildman–Crippen MR) is 93.3 cm³/mol. The van der Waals surface area contributed by atoms with Crippen LogP contribution in [-0.2, 0) is 26.4 Å². The van der Waals surface area contributed by atoms with E-state index < -0.39 is 0 Å². The number of carbonyl (C=O) groups is 1. The molecule has 130 valence electrons. The molecule has 0 aromatic carbocycles. The molecule has 2 heterocycles. The van der Waals surface area contributed by atoms with Crippen molar-refractivity contribution < 1.29 is 4.79 Å². The Bertz CT molecular complexity index is 735. The van der Waals surface area contributed by atoms with Crippen LogP contribution in [0.1, 0.15) is 47.3 Å². The number of fused-ring (bicyclic) bond motifs is 1. The number of carbonyl (C=O) groups excluding carboxylic acids is 1. The van der Waals surface area contributed by atoms with Gasteiger partial charge in [-0.25, -0.2) is 0 Å².